The summed E-state index contributed by atoms with van der Waals surface area (Å²) >= 11 is 0. The van der Waals surface area contributed by atoms with Crippen LogP contribution in [0.25, 0.3) is 0 Å². The maximum atomic E-state index is 4.05. The zero-order valence-corrected chi connectivity index (χ0v) is 13.4. The minimum atomic E-state index is 0.301. The molecule has 0 spiro atoms. The lowest BCUT2D eigenvalue weighted by Crippen LogP contribution is -2.31. The van der Waals surface area contributed by atoms with Crippen LogP contribution in [0.15, 0.2) is 36.5 Å². The third kappa shape index (κ3) is 4.88. The van der Waals surface area contributed by atoms with Crippen molar-refractivity contribution in [3.63, 3.8) is 0 Å². The van der Waals surface area contributed by atoms with Crippen LogP contribution < -0.4 is 0 Å². The highest BCUT2D eigenvalue weighted by Gasteiger charge is 2.32. The van der Waals surface area contributed by atoms with Crippen LogP contribution >= 0.6 is 0 Å². The Hall–Kier alpha value is -0.715. The molecular weight excluding hydrogens is 215 g/mol. The Balaban J connectivity index is 4.69. The van der Waals surface area contributed by atoms with E-state index < -0.39 is 0 Å². The van der Waals surface area contributed by atoms with Crippen molar-refractivity contribution in [2.24, 2.45) is 10.8 Å². The van der Waals surface area contributed by atoms with Gasteiger partial charge in [0.15, 0.2) is 0 Å². The minimum Gasteiger partial charge on any atom is -0.0991 e. The SMILES string of the molecule is C=C/C=C(/C(=C)C)C(C)[B]CC(C)(C)C(C)(C)C. The van der Waals surface area contributed by atoms with Crippen molar-refractivity contribution in [2.45, 2.75) is 60.6 Å². The molecule has 1 unspecified atom stereocenters. The van der Waals surface area contributed by atoms with Crippen molar-refractivity contribution in [1.82, 2.24) is 0 Å². The number of hydrogen-bond donors (Lipinski definition) is 0. The second kappa shape index (κ2) is 6.45. The topological polar surface area (TPSA) is 0 Å². The molecule has 0 amide bonds. The normalized spacial score (nSPS) is 15.2. The molecule has 0 aromatic rings. The first-order valence-corrected chi connectivity index (χ1v) is 6.84. The smallest absolute Gasteiger partial charge is 0.0991 e. The molecule has 0 aromatic carbocycles. The van der Waals surface area contributed by atoms with Gasteiger partial charge in [0.1, 0.15) is 7.28 Å². The molecular formula is C17H30B. The van der Waals surface area contributed by atoms with Gasteiger partial charge in [0, 0.05) is 0 Å². The summed E-state index contributed by atoms with van der Waals surface area (Å²) in [7, 11) is 2.41. The van der Waals surface area contributed by atoms with Crippen molar-refractivity contribution < 1.29 is 0 Å². The van der Waals surface area contributed by atoms with Crippen molar-refractivity contribution >= 4 is 7.28 Å². The lowest BCUT2D eigenvalue weighted by atomic mass is 9.49. The fourth-order valence-corrected chi connectivity index (χ4v) is 1.71. The summed E-state index contributed by atoms with van der Waals surface area (Å²) in [5, 5.41) is 0. The fourth-order valence-electron chi connectivity index (χ4n) is 1.71. The molecule has 0 heterocycles. The zero-order chi connectivity index (χ0) is 14.6. The van der Waals surface area contributed by atoms with Gasteiger partial charge in [-0.3, -0.25) is 0 Å². The molecule has 0 N–H and O–H groups in total. The second-order valence-electron chi connectivity index (χ2n) is 7.00. The Morgan fingerprint density at radius 3 is 2.06 bits per heavy atom. The van der Waals surface area contributed by atoms with Gasteiger partial charge in [0.2, 0.25) is 0 Å². The summed E-state index contributed by atoms with van der Waals surface area (Å²) in [5.41, 5.74) is 3.03. The van der Waals surface area contributed by atoms with Gasteiger partial charge in [-0.25, -0.2) is 0 Å². The second-order valence-corrected chi connectivity index (χ2v) is 7.00. The summed E-state index contributed by atoms with van der Waals surface area (Å²) in [5.74, 6) is 0.433. The van der Waals surface area contributed by atoms with E-state index >= 15 is 0 Å². The van der Waals surface area contributed by atoms with Crippen LogP contribution in [0.3, 0.4) is 0 Å². The van der Waals surface area contributed by atoms with Crippen LogP contribution in [0.2, 0.25) is 12.1 Å². The Morgan fingerprint density at radius 2 is 1.72 bits per heavy atom. The Kier molecular flexibility index (Phi) is 6.19. The summed E-state index contributed by atoms with van der Waals surface area (Å²) in [6.45, 7) is 23.8. The molecule has 0 nitrogen and oxygen atoms in total. The third-order valence-electron chi connectivity index (χ3n) is 4.29. The van der Waals surface area contributed by atoms with E-state index in [0.717, 1.165) is 11.9 Å². The highest BCUT2D eigenvalue weighted by atomic mass is 14.3. The van der Waals surface area contributed by atoms with Crippen molar-refractivity contribution in [2.75, 3.05) is 0 Å². The van der Waals surface area contributed by atoms with Gasteiger partial charge in [-0.1, -0.05) is 84.3 Å². The molecule has 0 saturated carbocycles. The molecule has 101 valence electrons. The first kappa shape index (κ1) is 17.3. The van der Waals surface area contributed by atoms with Crippen molar-refractivity contribution in [1.29, 1.82) is 0 Å². The maximum Gasteiger partial charge on any atom is 0.119 e. The molecule has 0 rings (SSSR count). The lowest BCUT2D eigenvalue weighted by molar-refractivity contribution is 0.156. The van der Waals surface area contributed by atoms with Crippen LogP contribution in [-0.4, -0.2) is 7.28 Å². The molecule has 1 atom stereocenters. The quantitative estimate of drug-likeness (QED) is 0.417. The maximum absolute atomic E-state index is 4.05. The average molecular weight is 245 g/mol. The largest absolute Gasteiger partial charge is 0.119 e. The number of hydrogen-bond acceptors (Lipinski definition) is 0. The predicted octanol–water partition coefficient (Wildman–Crippen LogP) is 5.68. The van der Waals surface area contributed by atoms with E-state index in [9.17, 15) is 0 Å². The van der Waals surface area contributed by atoms with Crippen molar-refractivity contribution in [3.05, 3.63) is 36.5 Å². The first-order chi connectivity index (χ1) is 8.03. The van der Waals surface area contributed by atoms with Crippen LogP contribution in [0.5, 0.6) is 0 Å². The van der Waals surface area contributed by atoms with Gasteiger partial charge >= 0.3 is 0 Å². The molecule has 1 heteroatoms. The van der Waals surface area contributed by atoms with Gasteiger partial charge in [-0.2, -0.15) is 0 Å². The van der Waals surface area contributed by atoms with E-state index in [1.54, 1.807) is 0 Å². The standard InChI is InChI=1S/C17H30B/c1-10-11-15(13(2)3)14(4)18-12-17(8,9)16(5,6)7/h10-11,14H,1-2,12H2,3-9H3/b15-11-. The first-order valence-electron chi connectivity index (χ1n) is 6.84. The van der Waals surface area contributed by atoms with Crippen LogP contribution in [0.1, 0.15) is 48.5 Å². The molecule has 18 heavy (non-hydrogen) atoms. The molecule has 0 aliphatic heterocycles. The highest BCUT2D eigenvalue weighted by Crippen LogP contribution is 2.42. The summed E-state index contributed by atoms with van der Waals surface area (Å²) < 4.78 is 0. The Bertz CT molecular complexity index is 326. The van der Waals surface area contributed by atoms with E-state index in [2.05, 4.69) is 75.0 Å². The molecule has 0 saturated heterocycles. The molecule has 1 radical (unpaired) electrons. The molecule has 0 fully saturated rings. The van der Waals surface area contributed by atoms with Gasteiger partial charge in [0.25, 0.3) is 0 Å². The van der Waals surface area contributed by atoms with E-state index in [4.69, 9.17) is 0 Å². The Labute approximate surface area is 115 Å². The summed E-state index contributed by atoms with van der Waals surface area (Å²) in [4.78, 5) is 0. The van der Waals surface area contributed by atoms with Crippen LogP contribution in [0.4, 0.5) is 0 Å². The lowest BCUT2D eigenvalue weighted by Gasteiger charge is -2.39. The molecule has 0 aliphatic rings. The number of rotatable bonds is 6. The van der Waals surface area contributed by atoms with Crippen LogP contribution in [-0.2, 0) is 0 Å². The van der Waals surface area contributed by atoms with Gasteiger partial charge < -0.3 is 0 Å². The van der Waals surface area contributed by atoms with Crippen LogP contribution in [0, 0.1) is 10.8 Å². The minimum absolute atomic E-state index is 0.301. The summed E-state index contributed by atoms with van der Waals surface area (Å²) in [6.07, 6.45) is 5.04. The fraction of sp³-hybridized carbons (Fsp3) is 0.647. The number of allylic oxidation sites excluding steroid dienone is 4. The highest BCUT2D eigenvalue weighted by molar-refractivity contribution is 6.39. The third-order valence-corrected chi connectivity index (χ3v) is 4.29. The van der Waals surface area contributed by atoms with E-state index in [0.29, 0.717) is 16.6 Å². The van der Waals surface area contributed by atoms with E-state index in [-0.39, 0.29) is 0 Å². The molecule has 0 aromatic heterocycles. The average Bonchev–Trinajstić information content (AvgIpc) is 2.20. The molecule has 0 bridgehead atoms. The Morgan fingerprint density at radius 1 is 1.22 bits per heavy atom. The van der Waals surface area contributed by atoms with Crippen molar-refractivity contribution in [3.8, 4) is 0 Å². The monoisotopic (exact) mass is 245 g/mol. The van der Waals surface area contributed by atoms with Gasteiger partial charge in [0.05, 0.1) is 0 Å². The van der Waals surface area contributed by atoms with Gasteiger partial charge in [-0.15, -0.1) is 0 Å². The van der Waals surface area contributed by atoms with E-state index in [1.165, 1.54) is 5.57 Å². The van der Waals surface area contributed by atoms with E-state index in [1.807, 2.05) is 6.08 Å². The van der Waals surface area contributed by atoms with Gasteiger partial charge in [-0.05, 0) is 23.6 Å². The molecule has 0 aliphatic carbocycles. The summed E-state index contributed by atoms with van der Waals surface area (Å²) in [6, 6.07) is 0. The predicted molar refractivity (Wildman–Crippen MR) is 86.3 cm³/mol. The zero-order valence-electron chi connectivity index (χ0n) is 13.4.